The molecule has 24 heteroatoms. The summed E-state index contributed by atoms with van der Waals surface area (Å²) in [6, 6.07) is -4.90. The molecule has 67 heavy (non-hydrogen) atoms. The summed E-state index contributed by atoms with van der Waals surface area (Å²) in [5.41, 5.74) is 0. The van der Waals surface area contributed by atoms with Crippen molar-refractivity contribution in [1.29, 1.82) is 0 Å². The highest BCUT2D eigenvalue weighted by Gasteiger charge is 2.43. The quantitative estimate of drug-likeness (QED) is 0.0254. The summed E-state index contributed by atoms with van der Waals surface area (Å²) in [6.07, 6.45) is -10.5. The van der Waals surface area contributed by atoms with Crippen molar-refractivity contribution in [2.24, 2.45) is 29.6 Å². The monoisotopic (exact) mass is 982 g/mol. The van der Waals surface area contributed by atoms with Crippen molar-refractivity contribution in [3.63, 3.8) is 0 Å². The number of ether oxygens (including phenoxy) is 1. The van der Waals surface area contributed by atoms with Gasteiger partial charge in [0, 0.05) is 13.0 Å². The van der Waals surface area contributed by atoms with Crippen LogP contribution < -0.4 is 47.0 Å². The molecule has 23 nitrogen and oxygen atoms in total. The van der Waals surface area contributed by atoms with E-state index in [0.717, 1.165) is 0 Å². The number of carbonyl (C=O) groups excluding carboxylic acids is 6. The molecule has 1 aliphatic heterocycles. The largest absolute Gasteiger partial charge is 0.790 e. The van der Waals surface area contributed by atoms with Crippen LogP contribution in [0.1, 0.15) is 115 Å². The summed E-state index contributed by atoms with van der Waals surface area (Å²) in [7, 11) is -5.40. The molecule has 6 amide bonds. The molecule has 1 aliphatic rings. The highest BCUT2D eigenvalue weighted by molar-refractivity contribution is 7.43. The van der Waals surface area contributed by atoms with E-state index in [1.807, 2.05) is 41.5 Å². The lowest BCUT2D eigenvalue weighted by atomic mass is 9.95. The second kappa shape index (κ2) is 29.6. The fraction of sp³-hybridized carbons (Fsp3) is 0.860. The van der Waals surface area contributed by atoms with Gasteiger partial charge in [-0.3, -0.25) is 34.1 Å². The minimum absolute atomic E-state index is 0.0341. The van der Waals surface area contributed by atoms with Crippen molar-refractivity contribution in [2.75, 3.05) is 19.7 Å². The van der Waals surface area contributed by atoms with Gasteiger partial charge in [-0.25, -0.2) is 0 Å². The van der Waals surface area contributed by atoms with Crippen LogP contribution >= 0.6 is 7.82 Å². The number of aliphatic hydroxyl groups is 5. The Morgan fingerprint density at radius 2 is 1.07 bits per heavy atom. The third kappa shape index (κ3) is 23.7. The number of amides is 6. The van der Waals surface area contributed by atoms with Crippen molar-refractivity contribution in [1.82, 2.24) is 37.2 Å². The number of carbonyl (C=O) groups is 6. The lowest BCUT2D eigenvalue weighted by Crippen LogP contribution is -2.62. The molecule has 0 aromatic rings. The summed E-state index contributed by atoms with van der Waals surface area (Å²) in [5.74, 6) is -4.02. The Balaban J connectivity index is 2.81. The van der Waals surface area contributed by atoms with Crippen LogP contribution in [0.5, 0.6) is 0 Å². The van der Waals surface area contributed by atoms with Crippen LogP contribution in [0.15, 0.2) is 0 Å². The molecule has 1 saturated heterocycles. The first-order chi connectivity index (χ1) is 30.9. The van der Waals surface area contributed by atoms with Gasteiger partial charge in [0.05, 0.1) is 51.6 Å². The fourth-order valence-corrected chi connectivity index (χ4v) is 7.55. The van der Waals surface area contributed by atoms with Gasteiger partial charge in [0.25, 0.3) is 0 Å². The van der Waals surface area contributed by atoms with E-state index < -0.39 is 130 Å². The standard InChI is InChI=1S/C43H82N7O16P/c1-21(2)15-27(29(51)18-32(53)44-13-12-14-45-43-39(58)38(57)37(56)31(66-43)20-65-67(62,63)64)47-40(59)26(11)46-34(55)19-30(52)28(16-22(3)4)48-41(60)36(25(9)10)50-42(61)35(24(7)8)49-33(54)17-23(5)6/h21-31,35-39,43,45,51-52,56-58H,12-20H2,1-11H3,(H,44,53)(H,46,55)(H,47,59)(H,48,60)(H,49,54)(H,50,61)(H2,62,63,64)/p-2/t26-,27-,28-,29?,30?,31+,35-,36-,37+,38-,39-,43-/m0/s1. The maximum atomic E-state index is 13.7. The minimum Gasteiger partial charge on any atom is -0.790 e. The van der Waals surface area contributed by atoms with Crippen LogP contribution in [-0.4, -0.2) is 154 Å². The third-order valence-corrected chi connectivity index (χ3v) is 11.3. The average Bonchev–Trinajstić information content (AvgIpc) is 3.19. The van der Waals surface area contributed by atoms with Gasteiger partial charge >= 0.3 is 0 Å². The third-order valence-electron chi connectivity index (χ3n) is 10.8. The van der Waals surface area contributed by atoms with E-state index in [4.69, 9.17) is 4.74 Å². The number of hydrogen-bond acceptors (Lipinski definition) is 17. The van der Waals surface area contributed by atoms with Gasteiger partial charge in [-0.2, -0.15) is 0 Å². The number of hydrogen-bond donors (Lipinski definition) is 12. The molecule has 12 N–H and O–H groups in total. The van der Waals surface area contributed by atoms with E-state index in [-0.39, 0.29) is 74.3 Å². The summed E-state index contributed by atoms with van der Waals surface area (Å²) < 4.78 is 20.3. The molecule has 390 valence electrons. The van der Waals surface area contributed by atoms with Crippen molar-refractivity contribution in [3.05, 3.63) is 0 Å². The van der Waals surface area contributed by atoms with Gasteiger partial charge in [0.2, 0.25) is 35.4 Å². The van der Waals surface area contributed by atoms with E-state index in [1.54, 1.807) is 27.7 Å². The van der Waals surface area contributed by atoms with Gasteiger partial charge < -0.3 is 81.0 Å². The normalized spacial score (nSPS) is 22.1. The lowest BCUT2D eigenvalue weighted by Gasteiger charge is -2.42. The Morgan fingerprint density at radius 1 is 0.597 bits per heavy atom. The molecule has 1 fully saturated rings. The molecule has 0 saturated carbocycles. The van der Waals surface area contributed by atoms with Crippen molar-refractivity contribution in [2.45, 2.75) is 188 Å². The minimum atomic E-state index is -5.40. The Kier molecular flexibility index (Phi) is 27.3. The maximum absolute atomic E-state index is 13.7. The summed E-state index contributed by atoms with van der Waals surface area (Å²) >= 11 is 0. The Hall–Kier alpha value is -3.35. The van der Waals surface area contributed by atoms with Crippen molar-refractivity contribution < 1.29 is 77.9 Å². The van der Waals surface area contributed by atoms with Crippen LogP contribution in [0.3, 0.4) is 0 Å². The SMILES string of the molecule is CC(C)CC(=O)N[C@H](C(=O)N[C@H](C(=O)N[C@@H](CC(C)C)C(O)CC(=O)N[C@@H](C)C(=O)N[C@@H](CC(C)C)C(O)CC(=O)NCCCN[C@H]1O[C@H](COP(=O)([O-])[O-])[C@@H](O)[C@H](O)[C@@H]1O)C(C)C)C(C)C. The number of phosphoric ester groups is 1. The Morgan fingerprint density at radius 3 is 1.57 bits per heavy atom. The Bertz CT molecular complexity index is 1620. The second-order valence-corrected chi connectivity index (χ2v) is 20.6. The van der Waals surface area contributed by atoms with Crippen LogP contribution in [0.25, 0.3) is 0 Å². The molecule has 2 unspecified atom stereocenters. The van der Waals surface area contributed by atoms with Crippen LogP contribution in [-0.2, 0) is 42.6 Å². The van der Waals surface area contributed by atoms with E-state index >= 15 is 0 Å². The molecule has 12 atom stereocenters. The molecule has 0 aromatic heterocycles. The molecule has 0 aliphatic carbocycles. The molecule has 0 bridgehead atoms. The van der Waals surface area contributed by atoms with Gasteiger partial charge in [0.1, 0.15) is 48.8 Å². The van der Waals surface area contributed by atoms with Crippen LogP contribution in [0.2, 0.25) is 0 Å². The molecular formula is C43H80N7O16P-2. The fourth-order valence-electron chi connectivity index (χ4n) is 7.22. The molecule has 0 aromatic carbocycles. The zero-order valence-electron chi connectivity index (χ0n) is 40.9. The zero-order valence-corrected chi connectivity index (χ0v) is 41.7. The lowest BCUT2D eigenvalue weighted by molar-refractivity contribution is -0.345. The number of phosphoric acid groups is 1. The highest BCUT2D eigenvalue weighted by atomic mass is 31.2. The van der Waals surface area contributed by atoms with Crippen LogP contribution in [0.4, 0.5) is 0 Å². The van der Waals surface area contributed by atoms with E-state index in [0.29, 0.717) is 0 Å². The van der Waals surface area contributed by atoms with Gasteiger partial charge in [-0.05, 0) is 62.3 Å². The molecule has 1 heterocycles. The Labute approximate surface area is 394 Å². The smallest absolute Gasteiger partial charge is 0.243 e. The molecular weight excluding hydrogens is 901 g/mol. The van der Waals surface area contributed by atoms with Gasteiger partial charge in [-0.1, -0.05) is 69.2 Å². The van der Waals surface area contributed by atoms with Gasteiger partial charge in [-0.15, -0.1) is 0 Å². The van der Waals surface area contributed by atoms with Gasteiger partial charge in [0.15, 0.2) is 0 Å². The first-order valence-electron chi connectivity index (χ1n) is 23.2. The second-order valence-electron chi connectivity index (χ2n) is 19.4. The maximum Gasteiger partial charge on any atom is 0.243 e. The van der Waals surface area contributed by atoms with E-state index in [2.05, 4.69) is 41.7 Å². The topological polar surface area (TPSA) is 369 Å². The molecule has 0 radical (unpaired) electrons. The van der Waals surface area contributed by atoms with Crippen molar-refractivity contribution in [3.8, 4) is 0 Å². The number of rotatable bonds is 30. The predicted molar refractivity (Wildman–Crippen MR) is 240 cm³/mol. The highest BCUT2D eigenvalue weighted by Crippen LogP contribution is 2.28. The number of aliphatic hydroxyl groups excluding tert-OH is 5. The predicted octanol–water partition coefficient (Wildman–Crippen LogP) is -2.87. The first kappa shape index (κ1) is 61.7. The summed E-state index contributed by atoms with van der Waals surface area (Å²) in [6.45, 7) is 18.9. The first-order valence-corrected chi connectivity index (χ1v) is 24.6. The van der Waals surface area contributed by atoms with Crippen molar-refractivity contribution >= 4 is 43.3 Å². The summed E-state index contributed by atoms with van der Waals surface area (Å²) in [5, 5.41) is 71.6. The zero-order chi connectivity index (χ0) is 51.5. The number of nitrogens with one attached hydrogen (secondary N) is 7. The van der Waals surface area contributed by atoms with E-state index in [1.165, 1.54) is 6.92 Å². The average molecular weight is 982 g/mol. The van der Waals surface area contributed by atoms with E-state index in [9.17, 15) is 68.7 Å². The molecule has 1 rings (SSSR count). The van der Waals surface area contributed by atoms with Crippen LogP contribution in [0, 0.1) is 29.6 Å². The summed E-state index contributed by atoms with van der Waals surface area (Å²) in [4.78, 5) is 100. The molecule has 0 spiro atoms.